The zero-order valence-electron chi connectivity index (χ0n) is 9.22. The molecule has 0 saturated heterocycles. The van der Waals surface area contributed by atoms with Crippen LogP contribution in [0.15, 0.2) is 0 Å². The molecule has 88 valence electrons. The SMILES string of the molecule is OC1CCC(Nc2nc(C3CC3)ns2)CC1. The van der Waals surface area contributed by atoms with E-state index in [2.05, 4.69) is 14.7 Å². The molecule has 0 aromatic carbocycles. The van der Waals surface area contributed by atoms with Crippen molar-refractivity contribution in [1.29, 1.82) is 0 Å². The van der Waals surface area contributed by atoms with Gasteiger partial charge in [0.15, 0.2) is 0 Å². The van der Waals surface area contributed by atoms with E-state index in [1.54, 1.807) is 0 Å². The molecule has 0 atom stereocenters. The van der Waals surface area contributed by atoms with Crippen LogP contribution in [0.2, 0.25) is 0 Å². The largest absolute Gasteiger partial charge is 0.393 e. The molecule has 1 aromatic heterocycles. The summed E-state index contributed by atoms with van der Waals surface area (Å²) in [6.45, 7) is 0. The Labute approximate surface area is 99.3 Å². The summed E-state index contributed by atoms with van der Waals surface area (Å²) in [6, 6.07) is 0.475. The van der Waals surface area contributed by atoms with Crippen molar-refractivity contribution in [3.05, 3.63) is 5.82 Å². The van der Waals surface area contributed by atoms with E-state index < -0.39 is 0 Å². The van der Waals surface area contributed by atoms with Gasteiger partial charge < -0.3 is 10.4 Å². The molecular weight excluding hydrogens is 222 g/mol. The van der Waals surface area contributed by atoms with Crippen LogP contribution in [0.25, 0.3) is 0 Å². The van der Waals surface area contributed by atoms with E-state index in [9.17, 15) is 5.11 Å². The normalized spacial score (nSPS) is 30.3. The van der Waals surface area contributed by atoms with E-state index >= 15 is 0 Å². The topological polar surface area (TPSA) is 58.0 Å². The van der Waals surface area contributed by atoms with E-state index in [1.165, 1.54) is 24.4 Å². The van der Waals surface area contributed by atoms with Gasteiger partial charge in [-0.05, 0) is 38.5 Å². The Morgan fingerprint density at radius 1 is 1.12 bits per heavy atom. The van der Waals surface area contributed by atoms with Crippen LogP contribution < -0.4 is 5.32 Å². The molecule has 2 aliphatic carbocycles. The van der Waals surface area contributed by atoms with Gasteiger partial charge in [0.05, 0.1) is 6.10 Å². The number of anilines is 1. The van der Waals surface area contributed by atoms with Crippen molar-refractivity contribution in [2.24, 2.45) is 0 Å². The van der Waals surface area contributed by atoms with Crippen LogP contribution >= 0.6 is 11.5 Å². The van der Waals surface area contributed by atoms with Crippen LogP contribution in [0.4, 0.5) is 5.13 Å². The van der Waals surface area contributed by atoms with Gasteiger partial charge in [0, 0.05) is 23.5 Å². The molecule has 0 unspecified atom stereocenters. The lowest BCUT2D eigenvalue weighted by molar-refractivity contribution is 0.126. The third kappa shape index (κ3) is 2.35. The second-order valence-corrected chi connectivity index (χ2v) is 5.63. The van der Waals surface area contributed by atoms with E-state index in [0.717, 1.165) is 36.6 Å². The lowest BCUT2D eigenvalue weighted by Gasteiger charge is -2.25. The summed E-state index contributed by atoms with van der Waals surface area (Å²) in [5.41, 5.74) is 0. The van der Waals surface area contributed by atoms with Crippen molar-refractivity contribution in [1.82, 2.24) is 9.36 Å². The molecule has 2 saturated carbocycles. The minimum absolute atomic E-state index is 0.0884. The summed E-state index contributed by atoms with van der Waals surface area (Å²) < 4.78 is 4.38. The highest BCUT2D eigenvalue weighted by atomic mass is 32.1. The van der Waals surface area contributed by atoms with Gasteiger partial charge in [0.1, 0.15) is 5.82 Å². The Balaban J connectivity index is 1.56. The van der Waals surface area contributed by atoms with Crippen LogP contribution in [0.1, 0.15) is 50.3 Å². The molecule has 0 spiro atoms. The number of hydrogen-bond acceptors (Lipinski definition) is 5. The lowest BCUT2D eigenvalue weighted by Crippen LogP contribution is -2.28. The number of aromatic nitrogens is 2. The van der Waals surface area contributed by atoms with Crippen molar-refractivity contribution in [2.45, 2.75) is 56.6 Å². The molecule has 4 nitrogen and oxygen atoms in total. The molecule has 5 heteroatoms. The van der Waals surface area contributed by atoms with Crippen molar-refractivity contribution in [3.8, 4) is 0 Å². The average Bonchev–Trinajstić information content (AvgIpc) is 3.04. The molecule has 2 aliphatic rings. The van der Waals surface area contributed by atoms with Crippen LogP contribution in [-0.4, -0.2) is 26.6 Å². The number of nitrogens with one attached hydrogen (secondary N) is 1. The Hall–Kier alpha value is -0.680. The fourth-order valence-corrected chi connectivity index (χ4v) is 2.92. The first-order valence-corrected chi connectivity index (χ1v) is 6.87. The summed E-state index contributed by atoms with van der Waals surface area (Å²) >= 11 is 1.48. The molecule has 0 radical (unpaired) electrons. The predicted octanol–water partition coefficient (Wildman–Crippen LogP) is 2.13. The molecule has 1 heterocycles. The summed E-state index contributed by atoms with van der Waals surface area (Å²) in [5, 5.41) is 13.8. The van der Waals surface area contributed by atoms with Gasteiger partial charge in [-0.3, -0.25) is 0 Å². The number of aliphatic hydroxyl groups is 1. The maximum Gasteiger partial charge on any atom is 0.202 e. The lowest BCUT2D eigenvalue weighted by atomic mass is 9.93. The molecule has 1 aromatic rings. The Kier molecular flexibility index (Phi) is 2.81. The minimum Gasteiger partial charge on any atom is -0.393 e. The quantitative estimate of drug-likeness (QED) is 0.848. The van der Waals surface area contributed by atoms with Gasteiger partial charge >= 0.3 is 0 Å². The highest BCUT2D eigenvalue weighted by Crippen LogP contribution is 2.39. The smallest absolute Gasteiger partial charge is 0.202 e. The third-order valence-corrected chi connectivity index (χ3v) is 4.07. The van der Waals surface area contributed by atoms with Crippen LogP contribution in [0.5, 0.6) is 0 Å². The van der Waals surface area contributed by atoms with Crippen molar-refractivity contribution in [3.63, 3.8) is 0 Å². The zero-order chi connectivity index (χ0) is 11.0. The summed E-state index contributed by atoms with van der Waals surface area (Å²) in [4.78, 5) is 4.52. The Morgan fingerprint density at radius 3 is 2.56 bits per heavy atom. The van der Waals surface area contributed by atoms with E-state index in [-0.39, 0.29) is 6.10 Å². The summed E-state index contributed by atoms with van der Waals surface area (Å²) in [5.74, 6) is 1.67. The number of nitrogens with zero attached hydrogens (tertiary/aromatic N) is 2. The molecule has 16 heavy (non-hydrogen) atoms. The van der Waals surface area contributed by atoms with Crippen LogP contribution in [0.3, 0.4) is 0 Å². The summed E-state index contributed by atoms with van der Waals surface area (Å²) in [6.07, 6.45) is 6.32. The maximum atomic E-state index is 9.43. The molecule has 3 rings (SSSR count). The Morgan fingerprint density at radius 2 is 1.88 bits per heavy atom. The van der Waals surface area contributed by atoms with Gasteiger partial charge in [-0.15, -0.1) is 0 Å². The zero-order valence-corrected chi connectivity index (χ0v) is 10.0. The Bertz CT molecular complexity index is 356. The average molecular weight is 239 g/mol. The highest BCUT2D eigenvalue weighted by Gasteiger charge is 2.28. The second kappa shape index (κ2) is 4.30. The first-order valence-electron chi connectivity index (χ1n) is 6.09. The van der Waals surface area contributed by atoms with Crippen LogP contribution in [0, 0.1) is 0 Å². The fourth-order valence-electron chi connectivity index (χ4n) is 2.20. The van der Waals surface area contributed by atoms with E-state index in [1.807, 2.05) is 0 Å². The van der Waals surface area contributed by atoms with Gasteiger partial charge in [-0.25, -0.2) is 4.98 Å². The third-order valence-electron chi connectivity index (χ3n) is 3.41. The van der Waals surface area contributed by atoms with Gasteiger partial charge in [-0.1, -0.05) is 0 Å². The van der Waals surface area contributed by atoms with Crippen LogP contribution in [-0.2, 0) is 0 Å². The van der Waals surface area contributed by atoms with Gasteiger partial charge in [0.25, 0.3) is 0 Å². The van der Waals surface area contributed by atoms with Gasteiger partial charge in [0.2, 0.25) is 5.13 Å². The number of aliphatic hydroxyl groups excluding tert-OH is 1. The second-order valence-electron chi connectivity index (χ2n) is 4.88. The van der Waals surface area contributed by atoms with Gasteiger partial charge in [-0.2, -0.15) is 4.37 Å². The molecule has 2 fully saturated rings. The van der Waals surface area contributed by atoms with Crippen molar-refractivity contribution < 1.29 is 5.11 Å². The first-order chi connectivity index (χ1) is 7.81. The number of rotatable bonds is 3. The molecule has 0 amide bonds. The predicted molar refractivity (Wildman–Crippen MR) is 63.8 cm³/mol. The molecular formula is C11H17N3OS. The molecule has 0 aliphatic heterocycles. The standard InChI is InChI=1S/C11H17N3OS/c15-9-5-3-8(4-6-9)12-11-13-10(14-16-11)7-1-2-7/h7-9,15H,1-6H2,(H,12,13,14). The first kappa shape index (κ1) is 10.5. The molecule has 2 N–H and O–H groups in total. The molecule has 0 bridgehead atoms. The summed E-state index contributed by atoms with van der Waals surface area (Å²) in [7, 11) is 0. The number of hydrogen-bond donors (Lipinski definition) is 2. The van der Waals surface area contributed by atoms with Crippen molar-refractivity contribution >= 4 is 16.7 Å². The van der Waals surface area contributed by atoms with E-state index in [0.29, 0.717) is 12.0 Å². The highest BCUT2D eigenvalue weighted by molar-refractivity contribution is 7.09. The maximum absolute atomic E-state index is 9.43. The minimum atomic E-state index is -0.0884. The monoisotopic (exact) mass is 239 g/mol. The van der Waals surface area contributed by atoms with E-state index in [4.69, 9.17) is 0 Å². The fraction of sp³-hybridized carbons (Fsp3) is 0.818. The van der Waals surface area contributed by atoms with Crippen molar-refractivity contribution in [2.75, 3.05) is 5.32 Å².